The van der Waals surface area contributed by atoms with E-state index in [9.17, 15) is 8.78 Å². The number of rotatable bonds is 6. The molecule has 0 unspecified atom stereocenters. The number of aliphatic hydroxyl groups is 1. The van der Waals surface area contributed by atoms with Crippen molar-refractivity contribution in [3.05, 3.63) is 24.1 Å². The van der Waals surface area contributed by atoms with E-state index in [-0.39, 0.29) is 19.7 Å². The van der Waals surface area contributed by atoms with Crippen LogP contribution >= 0.6 is 0 Å². The number of benzene rings is 1. The first kappa shape index (κ1) is 13.7. The molecule has 0 spiro atoms. The van der Waals surface area contributed by atoms with E-state index in [1.807, 2.05) is 0 Å². The highest BCUT2D eigenvalue weighted by molar-refractivity contribution is 5.76. The Labute approximate surface area is 108 Å². The second-order valence-electron chi connectivity index (χ2n) is 4.18. The lowest BCUT2D eigenvalue weighted by Gasteiger charge is -2.18. The van der Waals surface area contributed by atoms with Crippen LogP contribution < -0.4 is 5.73 Å². The molecule has 0 saturated heterocycles. The molecule has 5 nitrogen and oxygen atoms in total. The van der Waals surface area contributed by atoms with E-state index in [0.717, 1.165) is 0 Å². The molecular weight excluding hydrogens is 256 g/mol. The molecule has 0 saturated carbocycles. The monoisotopic (exact) mass is 271 g/mol. The van der Waals surface area contributed by atoms with Gasteiger partial charge in [-0.15, -0.1) is 0 Å². The Morgan fingerprint density at radius 2 is 2.21 bits per heavy atom. The van der Waals surface area contributed by atoms with E-state index in [4.69, 9.17) is 15.3 Å². The molecule has 0 bridgehead atoms. The average Bonchev–Trinajstić information content (AvgIpc) is 2.69. The summed E-state index contributed by atoms with van der Waals surface area (Å²) in [6.45, 7) is -0.355. The minimum atomic E-state index is -2.47. The maximum absolute atomic E-state index is 12.4. The predicted octanol–water partition coefficient (Wildman–Crippen LogP) is 1.47. The average molecular weight is 271 g/mol. The molecule has 104 valence electrons. The molecule has 0 aliphatic carbocycles. The van der Waals surface area contributed by atoms with Crippen molar-refractivity contribution in [2.45, 2.75) is 13.0 Å². The normalized spacial score (nSPS) is 11.8. The van der Waals surface area contributed by atoms with E-state index in [2.05, 4.69) is 4.98 Å². The van der Waals surface area contributed by atoms with Crippen LogP contribution in [-0.2, 0) is 6.54 Å². The lowest BCUT2D eigenvalue weighted by Crippen LogP contribution is -2.31. The standard InChI is InChI=1S/C12H15F2N3O2/c13-11(14)6-17(3-4-18)7-12-16-9-5-8(15)1-2-10(9)19-12/h1-2,5,11,18H,3-4,6-7,15H2. The summed E-state index contributed by atoms with van der Waals surface area (Å²) in [7, 11) is 0. The van der Waals surface area contributed by atoms with Gasteiger partial charge in [0.1, 0.15) is 5.52 Å². The lowest BCUT2D eigenvalue weighted by atomic mass is 10.3. The van der Waals surface area contributed by atoms with Gasteiger partial charge in [0.2, 0.25) is 5.89 Å². The largest absolute Gasteiger partial charge is 0.439 e. The van der Waals surface area contributed by atoms with Crippen LogP contribution in [0.4, 0.5) is 14.5 Å². The van der Waals surface area contributed by atoms with Crippen molar-refractivity contribution in [3.63, 3.8) is 0 Å². The summed E-state index contributed by atoms with van der Waals surface area (Å²) in [5.41, 5.74) is 7.34. The summed E-state index contributed by atoms with van der Waals surface area (Å²) in [6, 6.07) is 5.03. The molecule has 7 heteroatoms. The number of nitrogen functional groups attached to an aromatic ring is 1. The Kier molecular flexibility index (Phi) is 4.28. The van der Waals surface area contributed by atoms with Gasteiger partial charge in [0, 0.05) is 12.2 Å². The third kappa shape index (κ3) is 3.62. The molecule has 3 N–H and O–H groups in total. The third-order valence-electron chi connectivity index (χ3n) is 2.63. The number of alkyl halides is 2. The van der Waals surface area contributed by atoms with Crippen LogP contribution in [0, 0.1) is 0 Å². The first-order valence-corrected chi connectivity index (χ1v) is 5.85. The van der Waals surface area contributed by atoms with Crippen LogP contribution in [0.5, 0.6) is 0 Å². The number of hydrogen-bond donors (Lipinski definition) is 2. The Hall–Kier alpha value is -1.73. The Balaban J connectivity index is 2.14. The second-order valence-corrected chi connectivity index (χ2v) is 4.18. The zero-order chi connectivity index (χ0) is 13.8. The molecule has 0 amide bonds. The molecule has 0 atom stereocenters. The van der Waals surface area contributed by atoms with E-state index in [1.54, 1.807) is 18.2 Å². The fourth-order valence-electron chi connectivity index (χ4n) is 1.82. The van der Waals surface area contributed by atoms with Gasteiger partial charge < -0.3 is 15.3 Å². The SMILES string of the molecule is Nc1ccc2oc(CN(CCO)CC(F)F)nc2c1. The summed E-state index contributed by atoms with van der Waals surface area (Å²) >= 11 is 0. The quantitative estimate of drug-likeness (QED) is 0.778. The molecule has 19 heavy (non-hydrogen) atoms. The van der Waals surface area contributed by atoms with Gasteiger partial charge in [-0.2, -0.15) is 0 Å². The van der Waals surface area contributed by atoms with Crippen molar-refractivity contribution in [2.24, 2.45) is 0 Å². The number of fused-ring (bicyclic) bond motifs is 1. The van der Waals surface area contributed by atoms with Gasteiger partial charge in [0.15, 0.2) is 5.58 Å². The summed E-state index contributed by atoms with van der Waals surface area (Å²) in [4.78, 5) is 5.58. The van der Waals surface area contributed by atoms with Gasteiger partial charge in [-0.05, 0) is 18.2 Å². The number of halogens is 2. The molecule has 2 rings (SSSR count). The van der Waals surface area contributed by atoms with Gasteiger partial charge >= 0.3 is 0 Å². The second kappa shape index (κ2) is 5.94. The maximum atomic E-state index is 12.4. The minimum absolute atomic E-state index is 0.124. The Bertz CT molecular complexity index is 545. The van der Waals surface area contributed by atoms with Crippen LogP contribution in [0.2, 0.25) is 0 Å². The van der Waals surface area contributed by atoms with Gasteiger partial charge in [-0.3, -0.25) is 4.90 Å². The number of nitrogens with zero attached hydrogens (tertiary/aromatic N) is 2. The van der Waals surface area contributed by atoms with Crippen LogP contribution in [0.1, 0.15) is 5.89 Å². The Morgan fingerprint density at radius 1 is 1.42 bits per heavy atom. The number of anilines is 1. The predicted molar refractivity (Wildman–Crippen MR) is 66.8 cm³/mol. The molecule has 1 aromatic carbocycles. The lowest BCUT2D eigenvalue weighted by molar-refractivity contribution is 0.0706. The van der Waals surface area contributed by atoms with Crippen molar-refractivity contribution in [1.82, 2.24) is 9.88 Å². The molecule has 1 aromatic heterocycles. The fourth-order valence-corrected chi connectivity index (χ4v) is 1.82. The molecule has 2 aromatic rings. The van der Waals surface area contributed by atoms with Crippen molar-refractivity contribution in [1.29, 1.82) is 0 Å². The Morgan fingerprint density at radius 3 is 2.89 bits per heavy atom. The molecular formula is C12H15F2N3O2. The number of hydrogen-bond acceptors (Lipinski definition) is 5. The molecule has 0 fully saturated rings. The van der Waals surface area contributed by atoms with Crippen molar-refractivity contribution < 1.29 is 18.3 Å². The fraction of sp³-hybridized carbons (Fsp3) is 0.417. The zero-order valence-corrected chi connectivity index (χ0v) is 10.2. The van der Waals surface area contributed by atoms with Crippen molar-refractivity contribution >= 4 is 16.8 Å². The van der Waals surface area contributed by atoms with Crippen LogP contribution in [-0.4, -0.2) is 41.1 Å². The van der Waals surface area contributed by atoms with Gasteiger partial charge in [-0.25, -0.2) is 13.8 Å². The van der Waals surface area contributed by atoms with Crippen LogP contribution in [0.25, 0.3) is 11.1 Å². The zero-order valence-electron chi connectivity index (χ0n) is 10.2. The first-order chi connectivity index (χ1) is 9.08. The van der Waals surface area contributed by atoms with E-state index in [0.29, 0.717) is 22.7 Å². The molecule has 0 aliphatic heterocycles. The number of aromatic nitrogens is 1. The van der Waals surface area contributed by atoms with Crippen molar-refractivity contribution in [3.8, 4) is 0 Å². The molecule has 0 aliphatic rings. The van der Waals surface area contributed by atoms with E-state index < -0.39 is 13.0 Å². The summed E-state index contributed by atoms with van der Waals surface area (Å²) < 4.78 is 30.2. The topological polar surface area (TPSA) is 75.5 Å². The molecule has 0 radical (unpaired) electrons. The highest BCUT2D eigenvalue weighted by Gasteiger charge is 2.15. The highest BCUT2D eigenvalue weighted by Crippen LogP contribution is 2.19. The minimum Gasteiger partial charge on any atom is -0.439 e. The van der Waals surface area contributed by atoms with Crippen LogP contribution in [0.15, 0.2) is 22.6 Å². The number of nitrogens with two attached hydrogens (primary N) is 1. The highest BCUT2D eigenvalue weighted by atomic mass is 19.3. The van der Waals surface area contributed by atoms with Gasteiger partial charge in [-0.1, -0.05) is 0 Å². The smallest absolute Gasteiger partial charge is 0.251 e. The maximum Gasteiger partial charge on any atom is 0.251 e. The summed E-state index contributed by atoms with van der Waals surface area (Å²) in [5.74, 6) is 0.328. The number of oxazole rings is 1. The summed E-state index contributed by atoms with van der Waals surface area (Å²) in [6.07, 6.45) is -2.47. The van der Waals surface area contributed by atoms with E-state index >= 15 is 0 Å². The van der Waals surface area contributed by atoms with Crippen molar-refractivity contribution in [2.75, 3.05) is 25.4 Å². The third-order valence-corrected chi connectivity index (χ3v) is 2.63. The van der Waals surface area contributed by atoms with Gasteiger partial charge in [0.05, 0.1) is 19.7 Å². The van der Waals surface area contributed by atoms with Crippen LogP contribution in [0.3, 0.4) is 0 Å². The van der Waals surface area contributed by atoms with E-state index in [1.165, 1.54) is 4.90 Å². The van der Waals surface area contributed by atoms with Gasteiger partial charge in [0.25, 0.3) is 6.43 Å². The number of aliphatic hydroxyl groups excluding tert-OH is 1. The summed E-state index contributed by atoms with van der Waals surface area (Å²) in [5, 5.41) is 8.85. The first-order valence-electron chi connectivity index (χ1n) is 5.85. The molecule has 1 heterocycles.